The second-order valence-electron chi connectivity index (χ2n) is 4.51. The van der Waals surface area contributed by atoms with Gasteiger partial charge in [0.05, 0.1) is 5.36 Å². The monoisotopic (exact) mass is 270 g/mol. The number of phenols is 1. The topological polar surface area (TPSA) is 35.8 Å². The zero-order valence-corrected chi connectivity index (χ0v) is 11.2. The maximum absolute atomic E-state index is 9.53. The summed E-state index contributed by atoms with van der Waals surface area (Å²) in [5.74, 6) is 0.252. The normalized spacial score (nSPS) is 17.3. The smallest absolute Gasteiger partial charge is 0.166 e. The Morgan fingerprint density at radius 2 is 1.95 bits per heavy atom. The van der Waals surface area contributed by atoms with E-state index in [1.807, 2.05) is 35.4 Å². The molecule has 1 aliphatic heterocycles. The molecule has 0 radical (unpaired) electrons. The van der Waals surface area contributed by atoms with Gasteiger partial charge in [-0.05, 0) is 23.8 Å². The molecule has 1 unspecified atom stereocenters. The number of nitrogens with zero attached hydrogens (tertiary/aromatic N) is 2. The number of hydrogen-bond acceptors (Lipinski definition) is 4. The lowest BCUT2D eigenvalue weighted by Gasteiger charge is -2.26. The third-order valence-corrected chi connectivity index (χ3v) is 3.49. The third-order valence-electron chi connectivity index (χ3n) is 3.08. The molecule has 4 heteroatoms. The summed E-state index contributed by atoms with van der Waals surface area (Å²) < 4.78 is 0. The van der Waals surface area contributed by atoms with Crippen LogP contribution in [0.25, 0.3) is 6.20 Å². The van der Waals surface area contributed by atoms with Crippen molar-refractivity contribution in [1.82, 2.24) is 4.90 Å². The first-order chi connectivity index (χ1) is 9.22. The molecule has 0 saturated heterocycles. The minimum atomic E-state index is -0.197. The van der Waals surface area contributed by atoms with Crippen molar-refractivity contribution in [1.29, 1.82) is 0 Å². The van der Waals surface area contributed by atoms with E-state index in [0.717, 1.165) is 17.1 Å². The summed E-state index contributed by atoms with van der Waals surface area (Å²) >= 11 is 4.50. The Morgan fingerprint density at radius 1 is 1.16 bits per heavy atom. The van der Waals surface area contributed by atoms with Gasteiger partial charge in [0.2, 0.25) is 0 Å². The van der Waals surface area contributed by atoms with Crippen LogP contribution in [0.2, 0.25) is 0 Å². The standard InChI is InChI=1S/C15H14N2OS/c18-13-6-7-14-12(8-13)10-17(15(19)16-14)9-11-4-2-1-3-5-11/h1-8,10,15,18-19H,9H2. The Labute approximate surface area is 116 Å². The molecule has 96 valence electrons. The second-order valence-corrected chi connectivity index (χ2v) is 4.97. The maximum Gasteiger partial charge on any atom is 0.166 e. The third kappa shape index (κ3) is 2.58. The van der Waals surface area contributed by atoms with Crippen LogP contribution in [0, 0.1) is 0 Å². The van der Waals surface area contributed by atoms with Gasteiger partial charge in [-0.1, -0.05) is 30.3 Å². The molecule has 3 rings (SSSR count). The highest BCUT2D eigenvalue weighted by molar-refractivity contribution is 7.80. The van der Waals surface area contributed by atoms with E-state index in [1.54, 1.807) is 12.1 Å². The van der Waals surface area contributed by atoms with Gasteiger partial charge >= 0.3 is 0 Å². The van der Waals surface area contributed by atoms with Gasteiger partial charge in [0.15, 0.2) is 5.50 Å². The number of rotatable bonds is 2. The molecule has 0 aliphatic carbocycles. The highest BCUT2D eigenvalue weighted by Crippen LogP contribution is 2.14. The molecular weight excluding hydrogens is 256 g/mol. The van der Waals surface area contributed by atoms with E-state index in [4.69, 9.17) is 0 Å². The van der Waals surface area contributed by atoms with Crippen molar-refractivity contribution in [3.63, 3.8) is 0 Å². The predicted molar refractivity (Wildman–Crippen MR) is 78.1 cm³/mol. The SMILES string of the molecule is Oc1ccc2c(c1)=CN(Cc1ccccc1)C(S)N=2. The van der Waals surface area contributed by atoms with E-state index >= 15 is 0 Å². The van der Waals surface area contributed by atoms with Crippen molar-refractivity contribution >= 4 is 18.8 Å². The number of phenolic OH excluding ortho intramolecular Hbond substituents is 1. The highest BCUT2D eigenvalue weighted by atomic mass is 32.1. The molecular formula is C15H14N2OS. The molecule has 19 heavy (non-hydrogen) atoms. The Balaban J connectivity index is 1.96. The highest BCUT2D eigenvalue weighted by Gasteiger charge is 2.13. The van der Waals surface area contributed by atoms with Gasteiger partial charge in [0, 0.05) is 18.0 Å². The molecule has 2 aromatic carbocycles. The fraction of sp³-hybridized carbons (Fsp3) is 0.133. The molecule has 0 bridgehead atoms. The van der Waals surface area contributed by atoms with Gasteiger partial charge in [-0.3, -0.25) is 0 Å². The van der Waals surface area contributed by atoms with Gasteiger partial charge < -0.3 is 10.0 Å². The van der Waals surface area contributed by atoms with E-state index in [-0.39, 0.29) is 11.2 Å². The zero-order valence-electron chi connectivity index (χ0n) is 10.3. The van der Waals surface area contributed by atoms with Crippen LogP contribution < -0.4 is 10.6 Å². The Kier molecular flexibility index (Phi) is 3.17. The van der Waals surface area contributed by atoms with Crippen molar-refractivity contribution < 1.29 is 5.11 Å². The molecule has 0 saturated carbocycles. The van der Waals surface area contributed by atoms with E-state index in [9.17, 15) is 5.11 Å². The van der Waals surface area contributed by atoms with E-state index in [1.165, 1.54) is 5.56 Å². The molecule has 1 N–H and O–H groups in total. The molecule has 1 heterocycles. The quantitative estimate of drug-likeness (QED) is 0.811. The molecule has 0 amide bonds. The minimum Gasteiger partial charge on any atom is -0.508 e. The van der Waals surface area contributed by atoms with Gasteiger partial charge in [0.25, 0.3) is 0 Å². The summed E-state index contributed by atoms with van der Waals surface area (Å²) in [5.41, 5.74) is 1.01. The fourth-order valence-electron chi connectivity index (χ4n) is 2.13. The van der Waals surface area contributed by atoms with Gasteiger partial charge in [0.1, 0.15) is 5.75 Å². The first-order valence-electron chi connectivity index (χ1n) is 6.09. The first kappa shape index (κ1) is 12.1. The van der Waals surface area contributed by atoms with Crippen LogP contribution in [0.4, 0.5) is 0 Å². The number of hydrogen-bond donors (Lipinski definition) is 2. The van der Waals surface area contributed by atoms with Crippen LogP contribution in [-0.4, -0.2) is 15.5 Å². The Morgan fingerprint density at radius 3 is 2.74 bits per heavy atom. The van der Waals surface area contributed by atoms with Crippen LogP contribution in [0.1, 0.15) is 5.56 Å². The molecule has 3 nitrogen and oxygen atoms in total. The van der Waals surface area contributed by atoms with Crippen LogP contribution in [0.15, 0.2) is 53.5 Å². The summed E-state index contributed by atoms with van der Waals surface area (Å²) in [7, 11) is 0. The van der Waals surface area contributed by atoms with E-state index < -0.39 is 0 Å². The summed E-state index contributed by atoms with van der Waals surface area (Å²) in [6, 6.07) is 15.4. The number of thiol groups is 1. The molecule has 2 aromatic rings. The lowest BCUT2D eigenvalue weighted by molar-refractivity contribution is 0.378. The Hall–Kier alpha value is -1.94. The summed E-state index contributed by atoms with van der Waals surface area (Å²) in [4.78, 5) is 6.55. The summed E-state index contributed by atoms with van der Waals surface area (Å²) in [6.45, 7) is 0.744. The lowest BCUT2D eigenvalue weighted by Crippen LogP contribution is -2.39. The van der Waals surface area contributed by atoms with Crippen molar-refractivity contribution in [2.24, 2.45) is 4.99 Å². The van der Waals surface area contributed by atoms with Gasteiger partial charge in [-0.25, -0.2) is 4.99 Å². The zero-order chi connectivity index (χ0) is 13.2. The van der Waals surface area contributed by atoms with Gasteiger partial charge in [-0.2, -0.15) is 0 Å². The lowest BCUT2D eigenvalue weighted by atomic mass is 10.2. The summed E-state index contributed by atoms with van der Waals surface area (Å²) in [5, 5.41) is 11.3. The van der Waals surface area contributed by atoms with Gasteiger partial charge in [-0.15, -0.1) is 12.6 Å². The molecule has 1 aliphatic rings. The number of fused-ring (bicyclic) bond motifs is 1. The van der Waals surface area contributed by atoms with Crippen molar-refractivity contribution in [2.75, 3.05) is 0 Å². The van der Waals surface area contributed by atoms with Crippen molar-refractivity contribution in [3.8, 4) is 5.75 Å². The predicted octanol–water partition coefficient (Wildman–Crippen LogP) is 1.48. The fourth-order valence-corrected chi connectivity index (χ4v) is 2.40. The number of aromatic hydroxyl groups is 1. The molecule has 0 fully saturated rings. The van der Waals surface area contributed by atoms with Crippen LogP contribution in [-0.2, 0) is 6.54 Å². The summed E-state index contributed by atoms with van der Waals surface area (Å²) in [6.07, 6.45) is 1.99. The first-order valence-corrected chi connectivity index (χ1v) is 6.60. The van der Waals surface area contributed by atoms with Crippen LogP contribution >= 0.6 is 12.6 Å². The molecule has 0 spiro atoms. The molecule has 0 aromatic heterocycles. The van der Waals surface area contributed by atoms with Crippen molar-refractivity contribution in [3.05, 3.63) is 64.7 Å². The van der Waals surface area contributed by atoms with Crippen LogP contribution in [0.3, 0.4) is 0 Å². The average molecular weight is 270 g/mol. The molecule has 1 atom stereocenters. The maximum atomic E-state index is 9.53. The largest absolute Gasteiger partial charge is 0.508 e. The number of benzene rings is 2. The second kappa shape index (κ2) is 4.97. The van der Waals surface area contributed by atoms with Crippen LogP contribution in [0.5, 0.6) is 5.75 Å². The van der Waals surface area contributed by atoms with E-state index in [0.29, 0.717) is 0 Å². The van der Waals surface area contributed by atoms with Crippen molar-refractivity contribution in [2.45, 2.75) is 12.0 Å². The van der Waals surface area contributed by atoms with E-state index in [2.05, 4.69) is 29.8 Å². The average Bonchev–Trinajstić information content (AvgIpc) is 2.41. The Bertz CT molecular complexity index is 700. The minimum absolute atomic E-state index is 0.197.